The van der Waals surface area contributed by atoms with Crippen LogP contribution in [-0.2, 0) is 4.79 Å². The number of para-hydroxylation sites is 1. The monoisotopic (exact) mass is 420 g/mol. The van der Waals surface area contributed by atoms with Gasteiger partial charge >= 0.3 is 0 Å². The van der Waals surface area contributed by atoms with E-state index in [0.29, 0.717) is 28.2 Å². The molecular formula is C22H20N4O3S. The van der Waals surface area contributed by atoms with Gasteiger partial charge in [0.05, 0.1) is 12.8 Å². The zero-order chi connectivity index (χ0) is 21.1. The van der Waals surface area contributed by atoms with Gasteiger partial charge in [-0.15, -0.1) is 16.8 Å². The summed E-state index contributed by atoms with van der Waals surface area (Å²) < 4.78 is 11.6. The Bertz CT molecular complexity index is 1090. The standard InChI is InChI=1S/C22H20N4O3S/c1-4-13-30-22-23-20-19(24-25-22)17-7-5-6-8-18(17)26(14(2)27)21(29-20)15-9-11-16(28-3)12-10-15/h4-12,21H,1,13H2,2-3H3. The highest BCUT2D eigenvalue weighted by molar-refractivity contribution is 7.99. The molecule has 0 saturated carbocycles. The lowest BCUT2D eigenvalue weighted by molar-refractivity contribution is -0.118. The van der Waals surface area contributed by atoms with Crippen molar-refractivity contribution in [3.05, 3.63) is 66.7 Å². The maximum atomic E-state index is 12.7. The number of benzene rings is 2. The molecule has 0 N–H and O–H groups in total. The fourth-order valence-corrected chi connectivity index (χ4v) is 3.75. The van der Waals surface area contributed by atoms with Gasteiger partial charge in [-0.2, -0.15) is 4.98 Å². The second-order valence-corrected chi connectivity index (χ2v) is 7.48. The van der Waals surface area contributed by atoms with Crippen molar-refractivity contribution in [3.8, 4) is 22.9 Å². The number of aromatic nitrogens is 3. The van der Waals surface area contributed by atoms with E-state index >= 15 is 0 Å². The van der Waals surface area contributed by atoms with E-state index in [1.807, 2.05) is 48.5 Å². The summed E-state index contributed by atoms with van der Waals surface area (Å²) in [6, 6.07) is 14.9. The van der Waals surface area contributed by atoms with Gasteiger partial charge in [-0.05, 0) is 30.3 Å². The number of hydrogen-bond acceptors (Lipinski definition) is 7. The molecular weight excluding hydrogens is 400 g/mol. The second-order valence-electron chi connectivity index (χ2n) is 6.50. The van der Waals surface area contributed by atoms with Crippen molar-refractivity contribution >= 4 is 23.4 Å². The van der Waals surface area contributed by atoms with Gasteiger partial charge in [-0.1, -0.05) is 36.0 Å². The summed E-state index contributed by atoms with van der Waals surface area (Å²) in [5, 5.41) is 9.07. The molecule has 8 heteroatoms. The first-order valence-corrected chi connectivity index (χ1v) is 10.3. The van der Waals surface area contributed by atoms with E-state index in [1.54, 1.807) is 18.1 Å². The van der Waals surface area contributed by atoms with Crippen molar-refractivity contribution in [3.63, 3.8) is 0 Å². The van der Waals surface area contributed by atoms with Gasteiger partial charge in [-0.25, -0.2) is 0 Å². The number of hydrogen-bond donors (Lipinski definition) is 0. The van der Waals surface area contributed by atoms with E-state index in [0.717, 1.165) is 16.9 Å². The second kappa shape index (κ2) is 8.54. The van der Waals surface area contributed by atoms with E-state index in [4.69, 9.17) is 9.47 Å². The van der Waals surface area contributed by atoms with E-state index in [2.05, 4.69) is 21.8 Å². The summed E-state index contributed by atoms with van der Waals surface area (Å²) in [4.78, 5) is 18.9. The first kappa shape index (κ1) is 19.9. The van der Waals surface area contributed by atoms with Gasteiger partial charge < -0.3 is 9.47 Å². The first-order valence-electron chi connectivity index (χ1n) is 9.30. The molecule has 0 bridgehead atoms. The quantitative estimate of drug-likeness (QED) is 0.451. The minimum atomic E-state index is -0.718. The lowest BCUT2D eigenvalue weighted by Gasteiger charge is -2.29. The van der Waals surface area contributed by atoms with Crippen LogP contribution in [0, 0.1) is 0 Å². The Morgan fingerprint density at radius 2 is 2.00 bits per heavy atom. The van der Waals surface area contributed by atoms with Crippen molar-refractivity contribution in [1.82, 2.24) is 15.2 Å². The number of methoxy groups -OCH3 is 1. The van der Waals surface area contributed by atoms with Crippen molar-refractivity contribution in [2.45, 2.75) is 18.3 Å². The molecule has 1 aromatic heterocycles. The van der Waals surface area contributed by atoms with Crippen molar-refractivity contribution in [2.75, 3.05) is 17.8 Å². The highest BCUT2D eigenvalue weighted by Gasteiger charge is 2.34. The zero-order valence-corrected chi connectivity index (χ0v) is 17.4. The number of nitrogens with zero attached hydrogens (tertiary/aromatic N) is 4. The molecule has 7 nitrogen and oxygen atoms in total. The molecule has 0 spiro atoms. The maximum Gasteiger partial charge on any atom is 0.247 e. The SMILES string of the molecule is C=CCSc1nnc2c(n1)OC(c1ccc(OC)cc1)N(C(C)=O)c1ccccc1-2. The first-order chi connectivity index (χ1) is 14.6. The molecule has 1 aliphatic rings. The van der Waals surface area contributed by atoms with Crippen LogP contribution in [0.5, 0.6) is 11.6 Å². The third-order valence-corrected chi connectivity index (χ3v) is 5.42. The van der Waals surface area contributed by atoms with Gasteiger partial charge in [0.25, 0.3) is 0 Å². The van der Waals surface area contributed by atoms with Crippen molar-refractivity contribution in [2.24, 2.45) is 0 Å². The topological polar surface area (TPSA) is 77.4 Å². The minimum absolute atomic E-state index is 0.162. The molecule has 0 fully saturated rings. The lowest BCUT2D eigenvalue weighted by Crippen LogP contribution is -2.36. The number of rotatable bonds is 5. The van der Waals surface area contributed by atoms with E-state index in [1.165, 1.54) is 18.7 Å². The number of anilines is 1. The van der Waals surface area contributed by atoms with Gasteiger partial charge in [-0.3, -0.25) is 9.69 Å². The van der Waals surface area contributed by atoms with Crippen LogP contribution in [0.4, 0.5) is 5.69 Å². The molecule has 2 aromatic carbocycles. The zero-order valence-electron chi connectivity index (χ0n) is 16.6. The number of fused-ring (bicyclic) bond motifs is 3. The number of carbonyl (C=O) groups excluding carboxylic acids is 1. The van der Waals surface area contributed by atoms with Crippen LogP contribution >= 0.6 is 11.8 Å². The summed E-state index contributed by atoms with van der Waals surface area (Å²) in [5.74, 6) is 1.53. The van der Waals surface area contributed by atoms with Crippen LogP contribution in [0.1, 0.15) is 18.7 Å². The number of thioether (sulfide) groups is 1. The Labute approximate surface area is 178 Å². The normalized spacial score (nSPS) is 14.7. The molecule has 30 heavy (non-hydrogen) atoms. The minimum Gasteiger partial charge on any atom is -0.497 e. The smallest absolute Gasteiger partial charge is 0.247 e. The molecule has 1 unspecified atom stereocenters. The van der Waals surface area contributed by atoms with Gasteiger partial charge in [0.15, 0.2) is 5.69 Å². The summed E-state index contributed by atoms with van der Waals surface area (Å²) in [6.07, 6.45) is 1.05. The van der Waals surface area contributed by atoms with Crippen LogP contribution in [-0.4, -0.2) is 34.0 Å². The fourth-order valence-electron chi connectivity index (χ4n) is 3.23. The molecule has 4 rings (SSSR count). The van der Waals surface area contributed by atoms with Crippen molar-refractivity contribution in [1.29, 1.82) is 0 Å². The summed E-state index contributed by atoms with van der Waals surface area (Å²) in [5.41, 5.74) is 2.70. The van der Waals surface area contributed by atoms with Crippen LogP contribution in [0.3, 0.4) is 0 Å². The van der Waals surface area contributed by atoms with Crippen LogP contribution in [0.15, 0.2) is 66.3 Å². The third-order valence-electron chi connectivity index (χ3n) is 4.58. The van der Waals surface area contributed by atoms with Gasteiger partial charge in [0, 0.05) is 23.8 Å². The average Bonchev–Trinajstić information content (AvgIpc) is 2.92. The fraction of sp³-hybridized carbons (Fsp3) is 0.182. The van der Waals surface area contributed by atoms with Crippen LogP contribution in [0.2, 0.25) is 0 Å². The number of amides is 1. The molecule has 1 amide bonds. The van der Waals surface area contributed by atoms with E-state index < -0.39 is 6.23 Å². The predicted molar refractivity (Wildman–Crippen MR) is 116 cm³/mol. The highest BCUT2D eigenvalue weighted by Crippen LogP contribution is 2.43. The maximum absolute atomic E-state index is 12.7. The molecule has 152 valence electrons. The molecule has 1 aliphatic heterocycles. The summed E-state index contributed by atoms with van der Waals surface area (Å²) in [6.45, 7) is 5.23. The van der Waals surface area contributed by atoms with E-state index in [9.17, 15) is 4.79 Å². The van der Waals surface area contributed by atoms with E-state index in [-0.39, 0.29) is 5.91 Å². The predicted octanol–water partition coefficient (Wildman–Crippen LogP) is 4.27. The van der Waals surface area contributed by atoms with Crippen molar-refractivity contribution < 1.29 is 14.3 Å². The Morgan fingerprint density at radius 3 is 2.70 bits per heavy atom. The summed E-state index contributed by atoms with van der Waals surface area (Å²) >= 11 is 1.41. The summed E-state index contributed by atoms with van der Waals surface area (Å²) in [7, 11) is 1.61. The average molecular weight is 420 g/mol. The Balaban J connectivity index is 1.88. The molecule has 2 heterocycles. The Kier molecular flexibility index (Phi) is 5.67. The number of ether oxygens (including phenoxy) is 2. The largest absolute Gasteiger partial charge is 0.497 e. The molecule has 0 saturated heterocycles. The Hall–Kier alpha value is -3.39. The van der Waals surface area contributed by atoms with Crippen LogP contribution in [0.25, 0.3) is 11.3 Å². The molecule has 0 radical (unpaired) electrons. The van der Waals surface area contributed by atoms with Crippen LogP contribution < -0.4 is 14.4 Å². The van der Waals surface area contributed by atoms with Gasteiger partial charge in [0.2, 0.25) is 23.2 Å². The van der Waals surface area contributed by atoms with Gasteiger partial charge in [0.1, 0.15) is 5.75 Å². The molecule has 1 atom stereocenters. The lowest BCUT2D eigenvalue weighted by atomic mass is 10.1. The molecule has 0 aliphatic carbocycles. The Morgan fingerprint density at radius 1 is 1.23 bits per heavy atom. The number of carbonyl (C=O) groups is 1. The highest BCUT2D eigenvalue weighted by atomic mass is 32.2. The third kappa shape index (κ3) is 3.73. The molecule has 3 aromatic rings.